The molecule has 1 spiro atoms. The summed E-state index contributed by atoms with van der Waals surface area (Å²) in [6, 6.07) is 40.1. The molecule has 7 nitrogen and oxygen atoms in total. The van der Waals surface area contributed by atoms with Gasteiger partial charge in [0.05, 0.1) is 43.7 Å². The molecule has 2 aliphatic rings. The molecule has 250 valence electrons. The molecule has 0 saturated carbocycles. The van der Waals surface area contributed by atoms with Crippen molar-refractivity contribution in [3.05, 3.63) is 154 Å². The number of thioether (sulfide) groups is 1. The second-order valence-electron chi connectivity index (χ2n) is 12.0. The average Bonchev–Trinajstić information content (AvgIpc) is 3.11. The minimum atomic E-state index is -1.28. The highest BCUT2D eigenvalue weighted by Crippen LogP contribution is 2.45. The maximum atomic E-state index is 12.5. The summed E-state index contributed by atoms with van der Waals surface area (Å²) in [5, 5.41) is 0. The molecule has 0 amide bonds. The third-order valence-electron chi connectivity index (χ3n) is 8.39. The van der Waals surface area contributed by atoms with Crippen molar-refractivity contribution in [2.45, 2.75) is 70.5 Å². The number of rotatable bonds is 14. The fourth-order valence-electron chi connectivity index (χ4n) is 6.08. The maximum Gasteiger partial charge on any atom is 0.249 e. The third-order valence-corrected chi connectivity index (χ3v) is 9.80. The molecule has 48 heavy (non-hydrogen) atoms. The van der Waals surface area contributed by atoms with Crippen LogP contribution < -0.4 is 0 Å². The van der Waals surface area contributed by atoms with Crippen molar-refractivity contribution in [1.29, 1.82) is 0 Å². The van der Waals surface area contributed by atoms with Crippen LogP contribution in [0.4, 0.5) is 0 Å². The Morgan fingerprint density at radius 3 is 1.62 bits per heavy atom. The zero-order valence-corrected chi connectivity index (χ0v) is 28.2. The lowest BCUT2D eigenvalue weighted by Gasteiger charge is -2.53. The number of carbonyl (C=O) groups is 1. The van der Waals surface area contributed by atoms with Crippen LogP contribution in [-0.2, 0) is 59.6 Å². The second-order valence-corrected chi connectivity index (χ2v) is 13.0. The number of ketones is 1. The van der Waals surface area contributed by atoms with Crippen LogP contribution in [0.5, 0.6) is 0 Å². The number of Topliss-reactive ketones (excluding diaryl/α,β-unsaturated/α-hetero) is 1. The second kappa shape index (κ2) is 16.6. The molecule has 4 aromatic carbocycles. The molecule has 6 rings (SSSR count). The number of carbonyl (C=O) groups excluding carboxylic acids is 1. The van der Waals surface area contributed by atoms with E-state index in [1.54, 1.807) is 13.8 Å². The maximum absolute atomic E-state index is 12.5. The molecule has 1 saturated heterocycles. The minimum absolute atomic E-state index is 0.0476. The molecule has 1 fully saturated rings. The molecular formula is C40H42O7S. The Labute approximate surface area is 287 Å². The van der Waals surface area contributed by atoms with Gasteiger partial charge in [0, 0.05) is 0 Å². The van der Waals surface area contributed by atoms with E-state index in [4.69, 9.17) is 28.4 Å². The zero-order chi connectivity index (χ0) is 33.2. The summed E-state index contributed by atoms with van der Waals surface area (Å²) in [6.45, 7) is 4.97. The van der Waals surface area contributed by atoms with Gasteiger partial charge < -0.3 is 28.4 Å². The Hall–Kier alpha value is -3.76. The summed E-state index contributed by atoms with van der Waals surface area (Å²) < 4.78 is 40.4. The van der Waals surface area contributed by atoms with Crippen LogP contribution in [0.25, 0.3) is 0 Å². The molecule has 0 unspecified atom stereocenters. The number of ether oxygens (including phenoxy) is 6. The first-order valence-electron chi connectivity index (χ1n) is 16.3. The zero-order valence-electron chi connectivity index (χ0n) is 27.4. The molecule has 2 aliphatic heterocycles. The standard InChI is InChI=1S/C40H42O7S/c1-29(41)38-30(2)46-40(28-48-38)39(45-26-34-21-13-6-14-22-34)37(44-25-33-19-11-5-12-20-33)36(43-24-32-17-9-4-10-18-32)35(47-40)27-42-23-31-15-7-3-8-16-31/h3-22,35-37,39H,23-28H2,1-2H3/t35-,36+,37+,39-,40-/m1/s1. The molecule has 0 bridgehead atoms. The number of benzene rings is 4. The molecule has 8 heteroatoms. The van der Waals surface area contributed by atoms with Crippen LogP contribution in [0.2, 0.25) is 0 Å². The summed E-state index contributed by atoms with van der Waals surface area (Å²) in [6.07, 6.45) is -2.50. The summed E-state index contributed by atoms with van der Waals surface area (Å²) in [7, 11) is 0. The minimum Gasteiger partial charge on any atom is -0.462 e. The Morgan fingerprint density at radius 1 is 0.688 bits per heavy atom. The van der Waals surface area contributed by atoms with E-state index in [-0.39, 0.29) is 12.4 Å². The first-order valence-corrected chi connectivity index (χ1v) is 17.3. The fourth-order valence-corrected chi connectivity index (χ4v) is 7.16. The van der Waals surface area contributed by atoms with E-state index in [0.717, 1.165) is 22.3 Å². The first-order chi connectivity index (χ1) is 23.5. The van der Waals surface area contributed by atoms with Gasteiger partial charge in [-0.1, -0.05) is 121 Å². The highest BCUT2D eigenvalue weighted by atomic mass is 32.2. The van der Waals surface area contributed by atoms with E-state index >= 15 is 0 Å². The van der Waals surface area contributed by atoms with Gasteiger partial charge in [0.2, 0.25) is 5.79 Å². The van der Waals surface area contributed by atoms with Crippen molar-refractivity contribution >= 4 is 17.5 Å². The van der Waals surface area contributed by atoms with Crippen molar-refractivity contribution in [3.63, 3.8) is 0 Å². The van der Waals surface area contributed by atoms with Gasteiger partial charge in [0.15, 0.2) is 11.9 Å². The predicted molar refractivity (Wildman–Crippen MR) is 186 cm³/mol. The van der Waals surface area contributed by atoms with Crippen molar-refractivity contribution < 1.29 is 33.2 Å². The van der Waals surface area contributed by atoms with Crippen LogP contribution in [0, 0.1) is 0 Å². The van der Waals surface area contributed by atoms with Gasteiger partial charge in [-0.15, -0.1) is 11.8 Å². The van der Waals surface area contributed by atoms with Crippen LogP contribution in [0.15, 0.2) is 132 Å². The smallest absolute Gasteiger partial charge is 0.249 e. The normalized spacial score (nSPS) is 24.0. The summed E-state index contributed by atoms with van der Waals surface area (Å²) in [5.74, 6) is -0.503. The predicted octanol–water partition coefficient (Wildman–Crippen LogP) is 7.64. The van der Waals surface area contributed by atoms with E-state index in [2.05, 4.69) is 0 Å². The van der Waals surface area contributed by atoms with Crippen molar-refractivity contribution in [1.82, 2.24) is 0 Å². The van der Waals surface area contributed by atoms with Crippen molar-refractivity contribution in [2.24, 2.45) is 0 Å². The SMILES string of the molecule is CC(=O)C1=C(C)O[C@]2(CS1)O[C@H](COCc1ccccc1)[C@H](OCc1ccccc1)[C@H](OCc1ccccc1)[C@H]2OCc1ccccc1. The van der Waals surface area contributed by atoms with E-state index in [9.17, 15) is 4.79 Å². The van der Waals surface area contributed by atoms with Crippen LogP contribution >= 0.6 is 11.8 Å². The molecule has 0 N–H and O–H groups in total. The van der Waals surface area contributed by atoms with Gasteiger partial charge in [-0.05, 0) is 36.1 Å². The lowest BCUT2D eigenvalue weighted by Crippen LogP contribution is -2.69. The summed E-state index contributed by atoms with van der Waals surface area (Å²) >= 11 is 1.42. The number of hydrogen-bond acceptors (Lipinski definition) is 8. The van der Waals surface area contributed by atoms with E-state index in [1.165, 1.54) is 11.8 Å². The number of hydrogen-bond donors (Lipinski definition) is 0. The topological polar surface area (TPSA) is 72.5 Å². The Kier molecular flexibility index (Phi) is 11.8. The largest absolute Gasteiger partial charge is 0.462 e. The van der Waals surface area contributed by atoms with Gasteiger partial charge in [-0.3, -0.25) is 4.79 Å². The lowest BCUT2D eigenvalue weighted by atomic mass is 9.92. The summed E-state index contributed by atoms with van der Waals surface area (Å²) in [4.78, 5) is 13.1. The van der Waals surface area contributed by atoms with Gasteiger partial charge in [-0.2, -0.15) is 0 Å². The Bertz CT molecular complexity index is 1620. The molecule has 4 aromatic rings. The van der Waals surface area contributed by atoms with Gasteiger partial charge in [0.25, 0.3) is 0 Å². The molecule has 0 aromatic heterocycles. The van der Waals surface area contributed by atoms with Crippen molar-refractivity contribution in [2.75, 3.05) is 12.4 Å². The highest BCUT2D eigenvalue weighted by molar-refractivity contribution is 8.04. The Balaban J connectivity index is 1.37. The van der Waals surface area contributed by atoms with Crippen LogP contribution in [-0.4, -0.2) is 48.3 Å². The monoisotopic (exact) mass is 666 g/mol. The van der Waals surface area contributed by atoms with E-state index in [0.29, 0.717) is 42.8 Å². The quantitative estimate of drug-likeness (QED) is 0.136. The lowest BCUT2D eigenvalue weighted by molar-refractivity contribution is -0.366. The molecular weight excluding hydrogens is 625 g/mol. The van der Waals surface area contributed by atoms with Gasteiger partial charge >= 0.3 is 0 Å². The highest BCUT2D eigenvalue weighted by Gasteiger charge is 2.60. The fraction of sp³-hybridized carbons (Fsp3) is 0.325. The molecule has 0 radical (unpaired) electrons. The molecule has 5 atom stereocenters. The van der Waals surface area contributed by atoms with Gasteiger partial charge in [-0.25, -0.2) is 0 Å². The van der Waals surface area contributed by atoms with Crippen LogP contribution in [0.1, 0.15) is 36.1 Å². The molecule has 2 heterocycles. The Morgan fingerprint density at radius 2 is 1.15 bits per heavy atom. The third kappa shape index (κ3) is 8.63. The average molecular weight is 667 g/mol. The van der Waals surface area contributed by atoms with E-state index < -0.39 is 30.2 Å². The van der Waals surface area contributed by atoms with Crippen molar-refractivity contribution in [3.8, 4) is 0 Å². The van der Waals surface area contributed by atoms with Gasteiger partial charge in [0.1, 0.15) is 24.1 Å². The first kappa shape index (κ1) is 34.1. The van der Waals surface area contributed by atoms with E-state index in [1.807, 2.05) is 121 Å². The molecule has 0 aliphatic carbocycles. The van der Waals surface area contributed by atoms with Crippen LogP contribution in [0.3, 0.4) is 0 Å². The summed E-state index contributed by atoms with van der Waals surface area (Å²) in [5.41, 5.74) is 4.11. The number of allylic oxidation sites excluding steroid dienone is 2.